The monoisotopic (exact) mass is 520 g/mol. The Balaban J connectivity index is 1.36. The number of hydrazine groups is 1. The Morgan fingerprint density at radius 3 is 2.43 bits per heavy atom. The smallest absolute Gasteiger partial charge is 0.256 e. The van der Waals surface area contributed by atoms with E-state index in [9.17, 15) is 9.59 Å². The predicted octanol–water partition coefficient (Wildman–Crippen LogP) is 3.67. The summed E-state index contributed by atoms with van der Waals surface area (Å²) < 4.78 is 0. The van der Waals surface area contributed by atoms with Crippen LogP contribution in [0.1, 0.15) is 28.5 Å². The number of hydrogen-bond acceptors (Lipinski definition) is 7. The number of carbonyl (C=O) groups excluding carboxylic acids is 2. The summed E-state index contributed by atoms with van der Waals surface area (Å²) in [5, 5.41) is 11.2. The van der Waals surface area contributed by atoms with Gasteiger partial charge in [0, 0.05) is 55.6 Å². The number of anilines is 1. The molecule has 0 spiro atoms. The van der Waals surface area contributed by atoms with Crippen LogP contribution in [0.15, 0.2) is 48.7 Å². The Bertz CT molecular complexity index is 1220. The van der Waals surface area contributed by atoms with E-state index in [0.717, 1.165) is 28.4 Å². The van der Waals surface area contributed by atoms with Gasteiger partial charge in [0.2, 0.25) is 5.91 Å². The average Bonchev–Trinajstić information content (AvgIpc) is 3.53. The number of fused-ring (bicyclic) bond motifs is 1. The minimum absolute atomic E-state index is 0.0383. The Labute approximate surface area is 223 Å². The number of amides is 2. The minimum Gasteiger partial charge on any atom is -0.376 e. The lowest BCUT2D eigenvalue weighted by Gasteiger charge is -2.31. The highest BCUT2D eigenvalue weighted by atomic mass is 32.1. The van der Waals surface area contributed by atoms with Gasteiger partial charge in [0.15, 0.2) is 0 Å². The topological polar surface area (TPSA) is 80.8 Å². The first-order valence-corrected chi connectivity index (χ1v) is 13.5. The van der Waals surface area contributed by atoms with Crippen LogP contribution in [0.3, 0.4) is 0 Å². The van der Waals surface area contributed by atoms with Gasteiger partial charge >= 0.3 is 0 Å². The Kier molecular flexibility index (Phi) is 8.91. The molecule has 0 atom stereocenters. The zero-order chi connectivity index (χ0) is 26.4. The number of rotatable bonds is 11. The van der Waals surface area contributed by atoms with E-state index < -0.39 is 0 Å². The number of benzene rings is 2. The summed E-state index contributed by atoms with van der Waals surface area (Å²) in [4.78, 5) is 33.7. The molecule has 2 amide bonds. The number of carbonyl (C=O) groups is 2. The van der Waals surface area contributed by atoms with Crippen LogP contribution in [0.25, 0.3) is 10.6 Å². The summed E-state index contributed by atoms with van der Waals surface area (Å²) in [5.74, 6) is -0.208. The zero-order valence-electron chi connectivity index (χ0n) is 22.1. The SMILES string of the molecule is CCNCCN(CC(=O)N(C)N1Cc2ccccc2C1)C(=O)CNc1ccc(-c2ncc(C)s2)cc1C. The molecule has 0 saturated heterocycles. The molecular formula is C28H36N6O2S. The second-order valence-corrected chi connectivity index (χ2v) is 10.6. The van der Waals surface area contributed by atoms with Crippen molar-refractivity contribution in [2.75, 3.05) is 45.1 Å². The van der Waals surface area contributed by atoms with Crippen molar-refractivity contribution in [1.29, 1.82) is 0 Å². The van der Waals surface area contributed by atoms with Crippen molar-refractivity contribution in [3.8, 4) is 10.6 Å². The van der Waals surface area contributed by atoms with Gasteiger partial charge in [-0.05, 0) is 55.3 Å². The molecule has 9 heteroatoms. The van der Waals surface area contributed by atoms with E-state index >= 15 is 0 Å². The lowest BCUT2D eigenvalue weighted by molar-refractivity contribution is -0.151. The molecule has 0 aliphatic carbocycles. The van der Waals surface area contributed by atoms with E-state index in [1.807, 2.05) is 56.2 Å². The molecule has 0 unspecified atom stereocenters. The number of nitrogens with one attached hydrogen (secondary N) is 2. The van der Waals surface area contributed by atoms with Gasteiger partial charge in [-0.25, -0.2) is 9.99 Å². The normalized spacial score (nSPS) is 12.9. The van der Waals surface area contributed by atoms with Crippen molar-refractivity contribution in [3.63, 3.8) is 0 Å². The predicted molar refractivity (Wildman–Crippen MR) is 149 cm³/mol. The Morgan fingerprint density at radius 2 is 1.81 bits per heavy atom. The second-order valence-electron chi connectivity index (χ2n) is 9.34. The fraction of sp³-hybridized carbons (Fsp3) is 0.393. The number of thiazole rings is 1. The minimum atomic E-state index is -0.108. The molecule has 196 valence electrons. The first-order chi connectivity index (χ1) is 17.9. The van der Waals surface area contributed by atoms with Crippen molar-refractivity contribution < 1.29 is 9.59 Å². The third kappa shape index (κ3) is 6.74. The van der Waals surface area contributed by atoms with Crippen LogP contribution < -0.4 is 10.6 Å². The molecule has 0 radical (unpaired) electrons. The summed E-state index contributed by atoms with van der Waals surface area (Å²) in [6.07, 6.45) is 1.88. The van der Waals surface area contributed by atoms with Crippen molar-refractivity contribution in [3.05, 3.63) is 70.2 Å². The van der Waals surface area contributed by atoms with Crippen molar-refractivity contribution in [1.82, 2.24) is 25.2 Å². The standard InChI is InChI=1S/C28H36N6O2S/c1-5-29-12-13-33(19-27(36)32(4)34-17-23-8-6-7-9-24(23)18-34)26(35)16-30-25-11-10-22(14-20(25)2)28-31-15-21(3)37-28/h6-11,14-15,29-30H,5,12-13,16-19H2,1-4H3. The van der Waals surface area contributed by atoms with Gasteiger partial charge in [-0.3, -0.25) is 14.6 Å². The fourth-order valence-electron chi connectivity index (χ4n) is 4.40. The van der Waals surface area contributed by atoms with Gasteiger partial charge in [0.1, 0.15) is 11.6 Å². The summed E-state index contributed by atoms with van der Waals surface area (Å²) in [5.41, 5.74) is 5.48. The quantitative estimate of drug-likeness (QED) is 0.376. The Morgan fingerprint density at radius 1 is 1.08 bits per heavy atom. The first-order valence-electron chi connectivity index (χ1n) is 12.7. The van der Waals surface area contributed by atoms with Gasteiger partial charge in [0.05, 0.1) is 6.54 Å². The molecule has 37 heavy (non-hydrogen) atoms. The van der Waals surface area contributed by atoms with Crippen LogP contribution in [0, 0.1) is 13.8 Å². The lowest BCUT2D eigenvalue weighted by Crippen LogP contribution is -2.49. The maximum Gasteiger partial charge on any atom is 0.256 e. The maximum absolute atomic E-state index is 13.2. The van der Waals surface area contributed by atoms with Crippen molar-refractivity contribution in [2.45, 2.75) is 33.9 Å². The van der Waals surface area contributed by atoms with E-state index in [0.29, 0.717) is 26.2 Å². The van der Waals surface area contributed by atoms with E-state index in [2.05, 4.69) is 33.8 Å². The van der Waals surface area contributed by atoms with Crippen LogP contribution in [0.4, 0.5) is 5.69 Å². The summed E-state index contributed by atoms with van der Waals surface area (Å²) in [6.45, 7) is 9.55. The molecular weight excluding hydrogens is 484 g/mol. The summed E-state index contributed by atoms with van der Waals surface area (Å²) in [6, 6.07) is 14.3. The van der Waals surface area contributed by atoms with E-state index in [1.54, 1.807) is 28.3 Å². The van der Waals surface area contributed by atoms with Gasteiger partial charge in [-0.2, -0.15) is 0 Å². The van der Waals surface area contributed by atoms with Gasteiger partial charge in [-0.1, -0.05) is 31.2 Å². The fourth-order valence-corrected chi connectivity index (χ4v) is 5.16. The lowest BCUT2D eigenvalue weighted by atomic mass is 10.1. The summed E-state index contributed by atoms with van der Waals surface area (Å²) >= 11 is 1.66. The highest BCUT2D eigenvalue weighted by Crippen LogP contribution is 2.28. The van der Waals surface area contributed by atoms with Crippen molar-refractivity contribution in [2.24, 2.45) is 0 Å². The molecule has 0 fully saturated rings. The molecule has 2 heterocycles. The second kappa shape index (κ2) is 12.3. The molecule has 3 aromatic rings. The first kappa shape index (κ1) is 26.8. The van der Waals surface area contributed by atoms with E-state index in [1.165, 1.54) is 16.0 Å². The Hall–Kier alpha value is -3.27. The van der Waals surface area contributed by atoms with Crippen molar-refractivity contribution >= 4 is 28.8 Å². The van der Waals surface area contributed by atoms with Crippen LogP contribution in [-0.4, -0.2) is 71.5 Å². The molecule has 4 rings (SSSR count). The van der Waals surface area contributed by atoms with Gasteiger partial charge in [-0.15, -0.1) is 11.3 Å². The number of hydrogen-bond donors (Lipinski definition) is 2. The third-order valence-electron chi connectivity index (χ3n) is 6.62. The molecule has 1 aliphatic rings. The molecule has 8 nitrogen and oxygen atoms in total. The van der Waals surface area contributed by atoms with E-state index in [4.69, 9.17) is 0 Å². The van der Waals surface area contributed by atoms with Gasteiger partial charge < -0.3 is 15.5 Å². The molecule has 2 aromatic carbocycles. The average molecular weight is 521 g/mol. The molecule has 1 aromatic heterocycles. The maximum atomic E-state index is 13.2. The number of aromatic nitrogens is 1. The van der Waals surface area contributed by atoms with Crippen LogP contribution in [0.2, 0.25) is 0 Å². The highest BCUT2D eigenvalue weighted by Gasteiger charge is 2.27. The number of aryl methyl sites for hydroxylation is 2. The molecule has 2 N–H and O–H groups in total. The highest BCUT2D eigenvalue weighted by molar-refractivity contribution is 7.14. The third-order valence-corrected chi connectivity index (χ3v) is 7.58. The van der Waals surface area contributed by atoms with Crippen LogP contribution in [-0.2, 0) is 22.7 Å². The number of likely N-dealkylation sites (N-methyl/N-ethyl adjacent to an activating group) is 2. The van der Waals surface area contributed by atoms with Crippen LogP contribution in [0.5, 0.6) is 0 Å². The molecule has 1 aliphatic heterocycles. The largest absolute Gasteiger partial charge is 0.376 e. The molecule has 0 bridgehead atoms. The van der Waals surface area contributed by atoms with Gasteiger partial charge in [0.25, 0.3) is 5.91 Å². The summed E-state index contributed by atoms with van der Waals surface area (Å²) in [7, 11) is 1.79. The zero-order valence-corrected chi connectivity index (χ0v) is 22.9. The molecule has 0 saturated carbocycles. The van der Waals surface area contributed by atoms with Crippen LogP contribution >= 0.6 is 11.3 Å². The number of nitrogens with zero attached hydrogens (tertiary/aromatic N) is 4. The van der Waals surface area contributed by atoms with E-state index in [-0.39, 0.29) is 24.9 Å².